The van der Waals surface area contributed by atoms with Crippen LogP contribution in [0.3, 0.4) is 0 Å². The lowest BCUT2D eigenvalue weighted by Crippen LogP contribution is -2.13. The van der Waals surface area contributed by atoms with Crippen LogP contribution in [0.5, 0.6) is 0 Å². The molecule has 0 saturated heterocycles. The lowest BCUT2D eigenvalue weighted by Gasteiger charge is -2.08. The van der Waals surface area contributed by atoms with Gasteiger partial charge < -0.3 is 10.1 Å². The number of nitrogens with one attached hydrogen (secondary N) is 1. The van der Waals surface area contributed by atoms with Crippen LogP contribution in [0.15, 0.2) is 47.2 Å². The van der Waals surface area contributed by atoms with Crippen LogP contribution in [-0.2, 0) is 4.74 Å². The van der Waals surface area contributed by atoms with Crippen LogP contribution in [0, 0.1) is 5.82 Å². The summed E-state index contributed by atoms with van der Waals surface area (Å²) in [6.45, 7) is 1.93. The van der Waals surface area contributed by atoms with Crippen LogP contribution in [0.1, 0.15) is 27.0 Å². The zero-order valence-electron chi connectivity index (χ0n) is 13.2. The largest absolute Gasteiger partial charge is 0.462 e. The molecule has 3 rings (SSSR count). The number of hydrogen-bond acceptors (Lipinski definition) is 5. The van der Waals surface area contributed by atoms with Crippen molar-refractivity contribution in [2.24, 2.45) is 0 Å². The second kappa shape index (κ2) is 7.58. The van der Waals surface area contributed by atoms with E-state index in [1.807, 2.05) is 0 Å². The number of esters is 1. The van der Waals surface area contributed by atoms with Crippen LogP contribution in [0.2, 0.25) is 0 Å². The van der Waals surface area contributed by atoms with Crippen molar-refractivity contribution in [3.8, 4) is 11.1 Å². The number of carbonyl (C=O) groups excluding carboxylic acids is 2. The van der Waals surface area contributed by atoms with Gasteiger partial charge in [-0.05, 0) is 36.1 Å². The number of thiophene rings is 2. The highest BCUT2D eigenvalue weighted by Crippen LogP contribution is 2.36. The Hall–Kier alpha value is -2.51. The van der Waals surface area contributed by atoms with Crippen LogP contribution in [0.25, 0.3) is 11.1 Å². The van der Waals surface area contributed by atoms with E-state index in [1.165, 1.54) is 34.8 Å². The van der Waals surface area contributed by atoms with Crippen molar-refractivity contribution in [3.63, 3.8) is 0 Å². The highest BCUT2D eigenvalue weighted by molar-refractivity contribution is 7.15. The zero-order chi connectivity index (χ0) is 17.8. The molecule has 7 heteroatoms. The van der Waals surface area contributed by atoms with Crippen LogP contribution in [0.4, 0.5) is 9.39 Å². The predicted molar refractivity (Wildman–Crippen MR) is 97.9 cm³/mol. The number of carbonyl (C=O) groups is 2. The standard InChI is InChI=1S/C18H14FNO3S2/c1-2-23-18(22)15-13(11-5-7-12(19)8-6-11)10-25-17(15)20-16(21)14-4-3-9-24-14/h3-10H,2H2,1H3,(H,20,21). The molecule has 3 aromatic rings. The average Bonchev–Trinajstić information content (AvgIpc) is 3.25. The molecule has 25 heavy (non-hydrogen) atoms. The lowest BCUT2D eigenvalue weighted by molar-refractivity contribution is 0.0529. The first-order chi connectivity index (χ1) is 12.1. The molecular formula is C18H14FNO3S2. The predicted octanol–water partition coefficient (Wildman–Crippen LogP) is 5.04. The fourth-order valence-electron chi connectivity index (χ4n) is 2.27. The molecule has 0 atom stereocenters. The van der Waals surface area contributed by atoms with Crippen molar-refractivity contribution < 1.29 is 18.7 Å². The Balaban J connectivity index is 1.99. The van der Waals surface area contributed by atoms with Crippen molar-refractivity contribution in [3.05, 3.63) is 63.4 Å². The molecule has 1 N–H and O–H groups in total. The van der Waals surface area contributed by atoms with Gasteiger partial charge in [0.15, 0.2) is 0 Å². The van der Waals surface area contributed by atoms with E-state index in [0.29, 0.717) is 21.0 Å². The number of rotatable bonds is 5. The molecule has 128 valence electrons. The van der Waals surface area contributed by atoms with Crippen LogP contribution < -0.4 is 5.32 Å². The van der Waals surface area contributed by atoms with Gasteiger partial charge in [-0.1, -0.05) is 18.2 Å². The Morgan fingerprint density at radius 3 is 2.56 bits per heavy atom. The monoisotopic (exact) mass is 375 g/mol. The third-order valence-electron chi connectivity index (χ3n) is 3.40. The van der Waals surface area contributed by atoms with E-state index >= 15 is 0 Å². The molecule has 1 amide bonds. The SMILES string of the molecule is CCOC(=O)c1c(-c2ccc(F)cc2)csc1NC(=O)c1cccs1. The van der Waals surface area contributed by atoms with E-state index in [2.05, 4.69) is 5.32 Å². The lowest BCUT2D eigenvalue weighted by atomic mass is 10.0. The third kappa shape index (κ3) is 3.78. The maximum Gasteiger partial charge on any atom is 0.341 e. The van der Waals surface area contributed by atoms with Gasteiger partial charge in [0.25, 0.3) is 5.91 Å². The number of hydrogen-bond donors (Lipinski definition) is 1. The summed E-state index contributed by atoms with van der Waals surface area (Å²) in [6, 6.07) is 9.32. The van der Waals surface area contributed by atoms with Crippen molar-refractivity contribution >= 4 is 39.6 Å². The molecule has 1 aromatic carbocycles. The topological polar surface area (TPSA) is 55.4 Å². The second-order valence-electron chi connectivity index (χ2n) is 5.01. The number of anilines is 1. The Morgan fingerprint density at radius 1 is 1.16 bits per heavy atom. The van der Waals surface area contributed by atoms with Gasteiger partial charge >= 0.3 is 5.97 Å². The minimum absolute atomic E-state index is 0.218. The molecule has 0 aliphatic rings. The first-order valence-electron chi connectivity index (χ1n) is 7.49. The highest BCUT2D eigenvalue weighted by atomic mass is 32.1. The van der Waals surface area contributed by atoms with E-state index in [-0.39, 0.29) is 23.9 Å². The van der Waals surface area contributed by atoms with Crippen molar-refractivity contribution in [2.45, 2.75) is 6.92 Å². The molecule has 0 spiro atoms. The van der Waals surface area contributed by atoms with Crippen molar-refractivity contribution in [1.82, 2.24) is 0 Å². The van der Waals surface area contributed by atoms with Gasteiger partial charge in [0.2, 0.25) is 0 Å². The maximum absolute atomic E-state index is 13.2. The number of halogens is 1. The Kier molecular flexibility index (Phi) is 5.25. The summed E-state index contributed by atoms with van der Waals surface area (Å²) in [5.41, 5.74) is 1.56. The number of benzene rings is 1. The summed E-state index contributed by atoms with van der Waals surface area (Å²) in [5.74, 6) is -1.17. The first-order valence-corrected chi connectivity index (χ1v) is 9.25. The smallest absolute Gasteiger partial charge is 0.341 e. The highest BCUT2D eigenvalue weighted by Gasteiger charge is 2.23. The summed E-state index contributed by atoms with van der Waals surface area (Å²) in [7, 11) is 0. The van der Waals surface area contributed by atoms with E-state index in [4.69, 9.17) is 4.74 Å². The van der Waals surface area contributed by atoms with Gasteiger partial charge in [0.1, 0.15) is 16.4 Å². The van der Waals surface area contributed by atoms with Crippen molar-refractivity contribution in [2.75, 3.05) is 11.9 Å². The quantitative estimate of drug-likeness (QED) is 0.635. The maximum atomic E-state index is 13.2. The van der Waals surface area contributed by atoms with Crippen molar-refractivity contribution in [1.29, 1.82) is 0 Å². The molecule has 2 heterocycles. The van der Waals surface area contributed by atoms with Gasteiger partial charge in [0.05, 0.1) is 11.5 Å². The third-order valence-corrected chi connectivity index (χ3v) is 5.16. The Labute approximate surface area is 151 Å². The van der Waals surface area contributed by atoms with Gasteiger partial charge in [-0.25, -0.2) is 9.18 Å². The van der Waals surface area contributed by atoms with Gasteiger partial charge in [-0.3, -0.25) is 4.79 Å². The van der Waals surface area contributed by atoms with Gasteiger partial charge in [0, 0.05) is 10.9 Å². The summed E-state index contributed by atoms with van der Waals surface area (Å²) in [5, 5.41) is 6.74. The zero-order valence-corrected chi connectivity index (χ0v) is 14.9. The Morgan fingerprint density at radius 2 is 1.92 bits per heavy atom. The van der Waals surface area contributed by atoms with E-state index in [1.54, 1.807) is 41.9 Å². The van der Waals surface area contributed by atoms with E-state index in [0.717, 1.165) is 0 Å². The molecule has 0 radical (unpaired) electrons. The fraction of sp³-hybridized carbons (Fsp3) is 0.111. The molecule has 0 saturated carbocycles. The number of ether oxygens (including phenoxy) is 1. The average molecular weight is 375 g/mol. The summed E-state index contributed by atoms with van der Waals surface area (Å²) >= 11 is 2.55. The first kappa shape index (κ1) is 17.3. The fourth-order valence-corrected chi connectivity index (χ4v) is 3.84. The molecule has 0 bridgehead atoms. The molecule has 0 unspecified atom stereocenters. The van der Waals surface area contributed by atoms with Crippen LogP contribution in [-0.4, -0.2) is 18.5 Å². The second-order valence-corrected chi connectivity index (χ2v) is 6.84. The van der Waals surface area contributed by atoms with E-state index < -0.39 is 5.97 Å². The minimum Gasteiger partial charge on any atom is -0.462 e. The van der Waals surface area contributed by atoms with Gasteiger partial charge in [-0.2, -0.15) is 0 Å². The molecular weight excluding hydrogens is 361 g/mol. The normalized spacial score (nSPS) is 10.5. The van der Waals surface area contributed by atoms with Gasteiger partial charge in [-0.15, -0.1) is 22.7 Å². The number of amides is 1. The molecule has 0 aliphatic heterocycles. The molecule has 0 aliphatic carbocycles. The summed E-state index contributed by atoms with van der Waals surface area (Å²) in [6.07, 6.45) is 0. The molecule has 2 aromatic heterocycles. The Bertz CT molecular complexity index is 886. The molecule has 0 fully saturated rings. The minimum atomic E-state index is -0.524. The summed E-state index contributed by atoms with van der Waals surface area (Å²) < 4.78 is 18.3. The van der Waals surface area contributed by atoms with E-state index in [9.17, 15) is 14.0 Å². The molecule has 4 nitrogen and oxygen atoms in total. The van der Waals surface area contributed by atoms with Crippen LogP contribution >= 0.6 is 22.7 Å². The summed E-state index contributed by atoms with van der Waals surface area (Å²) in [4.78, 5) is 25.3.